The third kappa shape index (κ3) is 5.03. The van der Waals surface area contributed by atoms with Crippen LogP contribution in [0.3, 0.4) is 0 Å². The number of hydrogen-bond acceptors (Lipinski definition) is 4. The molecule has 1 aliphatic heterocycles. The van der Waals surface area contributed by atoms with Gasteiger partial charge in [-0.25, -0.2) is 0 Å². The Hall–Kier alpha value is -1.43. The Morgan fingerprint density at radius 2 is 2.00 bits per heavy atom. The lowest BCUT2D eigenvalue weighted by molar-refractivity contribution is -0.127. The first-order chi connectivity index (χ1) is 11.0. The fraction of sp³-hybridized carbons (Fsp3) is 0.611. The summed E-state index contributed by atoms with van der Waals surface area (Å²) in [4.78, 5) is 15.0. The van der Waals surface area contributed by atoms with E-state index in [4.69, 9.17) is 10.5 Å². The monoisotopic (exact) mass is 319 g/mol. The Morgan fingerprint density at radius 3 is 2.61 bits per heavy atom. The number of carbonyl (C=O) groups excluding carboxylic acids is 1. The highest BCUT2D eigenvalue weighted by Gasteiger charge is 2.32. The molecule has 3 N–H and O–H groups in total. The molecule has 2 rings (SSSR count). The lowest BCUT2D eigenvalue weighted by Crippen LogP contribution is -2.54. The number of nitrogens with one attached hydrogen (secondary N) is 1. The molecule has 1 heterocycles. The standard InChI is InChI=1S/C18H29N3O2/c1-18(19,15-7-4-3-5-8-15)17(22)20-16-9-12-21(13-10-16)11-6-14-23-2/h3-5,7-8,16H,6,9-14,19H2,1-2H3,(H,20,22). The first kappa shape index (κ1) is 17.9. The summed E-state index contributed by atoms with van der Waals surface area (Å²) >= 11 is 0. The van der Waals surface area contributed by atoms with Crippen molar-refractivity contribution in [1.29, 1.82) is 0 Å². The molecule has 1 fully saturated rings. The molecular formula is C18H29N3O2. The van der Waals surface area contributed by atoms with Gasteiger partial charge in [0.2, 0.25) is 5.91 Å². The maximum Gasteiger partial charge on any atom is 0.244 e. The summed E-state index contributed by atoms with van der Waals surface area (Å²) in [5, 5.41) is 3.13. The highest BCUT2D eigenvalue weighted by Crippen LogP contribution is 2.19. The first-order valence-corrected chi connectivity index (χ1v) is 8.40. The molecule has 1 aliphatic rings. The van der Waals surface area contributed by atoms with Crippen LogP contribution in [-0.2, 0) is 15.1 Å². The quantitative estimate of drug-likeness (QED) is 0.747. The number of hydrogen-bond donors (Lipinski definition) is 2. The van der Waals surface area contributed by atoms with Crippen LogP contribution in [-0.4, -0.2) is 50.2 Å². The van der Waals surface area contributed by atoms with Crippen molar-refractivity contribution in [2.75, 3.05) is 33.4 Å². The number of ether oxygens (including phenoxy) is 1. The maximum absolute atomic E-state index is 12.6. The molecule has 1 amide bonds. The molecule has 23 heavy (non-hydrogen) atoms. The highest BCUT2D eigenvalue weighted by molar-refractivity contribution is 5.87. The predicted octanol–water partition coefficient (Wildman–Crippen LogP) is 1.48. The van der Waals surface area contributed by atoms with Crippen LogP contribution < -0.4 is 11.1 Å². The molecule has 0 bridgehead atoms. The topological polar surface area (TPSA) is 67.6 Å². The van der Waals surface area contributed by atoms with Gasteiger partial charge in [0, 0.05) is 39.4 Å². The van der Waals surface area contributed by atoms with E-state index in [2.05, 4.69) is 10.2 Å². The van der Waals surface area contributed by atoms with E-state index in [0.29, 0.717) is 0 Å². The molecule has 0 saturated carbocycles. The molecule has 128 valence electrons. The van der Waals surface area contributed by atoms with Crippen molar-refractivity contribution in [2.45, 2.75) is 37.8 Å². The van der Waals surface area contributed by atoms with E-state index in [9.17, 15) is 4.79 Å². The van der Waals surface area contributed by atoms with Gasteiger partial charge in [0.15, 0.2) is 0 Å². The van der Waals surface area contributed by atoms with E-state index in [1.807, 2.05) is 30.3 Å². The molecule has 1 aromatic carbocycles. The average molecular weight is 319 g/mol. The van der Waals surface area contributed by atoms with Gasteiger partial charge in [0.25, 0.3) is 0 Å². The Kier molecular flexibility index (Phi) is 6.57. The number of likely N-dealkylation sites (tertiary alicyclic amines) is 1. The Morgan fingerprint density at radius 1 is 1.35 bits per heavy atom. The molecular weight excluding hydrogens is 290 g/mol. The van der Waals surface area contributed by atoms with Crippen LogP contribution in [0.2, 0.25) is 0 Å². The minimum absolute atomic E-state index is 0.0958. The second kappa shape index (κ2) is 8.43. The number of nitrogens with two attached hydrogens (primary N) is 1. The molecule has 0 aliphatic carbocycles. The number of amides is 1. The predicted molar refractivity (Wildman–Crippen MR) is 92.1 cm³/mol. The summed E-state index contributed by atoms with van der Waals surface area (Å²) in [6.07, 6.45) is 3.01. The molecule has 5 nitrogen and oxygen atoms in total. The van der Waals surface area contributed by atoms with E-state index in [-0.39, 0.29) is 11.9 Å². The first-order valence-electron chi connectivity index (χ1n) is 8.40. The number of rotatable bonds is 7. The van der Waals surface area contributed by atoms with E-state index >= 15 is 0 Å². The van der Waals surface area contributed by atoms with Crippen LogP contribution in [0.15, 0.2) is 30.3 Å². The average Bonchev–Trinajstić information content (AvgIpc) is 2.57. The van der Waals surface area contributed by atoms with Crippen LogP contribution in [0, 0.1) is 0 Å². The Bertz CT molecular complexity index is 482. The smallest absolute Gasteiger partial charge is 0.244 e. The zero-order valence-electron chi connectivity index (χ0n) is 14.3. The summed E-state index contributed by atoms with van der Waals surface area (Å²) in [6, 6.07) is 9.76. The van der Waals surface area contributed by atoms with Gasteiger partial charge in [-0.1, -0.05) is 30.3 Å². The van der Waals surface area contributed by atoms with Crippen molar-refractivity contribution in [3.8, 4) is 0 Å². The summed E-state index contributed by atoms with van der Waals surface area (Å²) in [5.41, 5.74) is 6.12. The molecule has 1 aromatic rings. The Labute approximate surface area is 139 Å². The van der Waals surface area contributed by atoms with E-state index < -0.39 is 5.54 Å². The van der Waals surface area contributed by atoms with Crippen molar-refractivity contribution in [1.82, 2.24) is 10.2 Å². The lowest BCUT2D eigenvalue weighted by atomic mass is 9.91. The van der Waals surface area contributed by atoms with Crippen molar-refractivity contribution in [2.24, 2.45) is 5.73 Å². The maximum atomic E-state index is 12.6. The number of benzene rings is 1. The van der Waals surface area contributed by atoms with Gasteiger partial charge in [-0.3, -0.25) is 4.79 Å². The second-order valence-corrected chi connectivity index (χ2v) is 6.50. The second-order valence-electron chi connectivity index (χ2n) is 6.50. The Balaban J connectivity index is 1.80. The van der Waals surface area contributed by atoms with E-state index in [0.717, 1.165) is 51.1 Å². The van der Waals surface area contributed by atoms with Gasteiger partial charge >= 0.3 is 0 Å². The van der Waals surface area contributed by atoms with Crippen LogP contribution >= 0.6 is 0 Å². The minimum Gasteiger partial charge on any atom is -0.385 e. The van der Waals surface area contributed by atoms with Gasteiger partial charge in [-0.2, -0.15) is 0 Å². The zero-order chi connectivity index (χ0) is 16.7. The van der Waals surface area contributed by atoms with Crippen molar-refractivity contribution < 1.29 is 9.53 Å². The summed E-state index contributed by atoms with van der Waals surface area (Å²) in [7, 11) is 1.73. The molecule has 1 saturated heterocycles. The molecule has 0 radical (unpaired) electrons. The van der Waals surface area contributed by atoms with E-state index in [1.165, 1.54) is 0 Å². The minimum atomic E-state index is -0.989. The third-order valence-corrected chi connectivity index (χ3v) is 4.59. The van der Waals surface area contributed by atoms with Gasteiger partial charge in [-0.05, 0) is 31.7 Å². The van der Waals surface area contributed by atoms with Crippen molar-refractivity contribution in [3.05, 3.63) is 35.9 Å². The SMILES string of the molecule is COCCCN1CCC(NC(=O)C(C)(N)c2ccccc2)CC1. The number of carbonyl (C=O) groups is 1. The van der Waals surface area contributed by atoms with E-state index in [1.54, 1.807) is 14.0 Å². The summed E-state index contributed by atoms with van der Waals surface area (Å²) in [6.45, 7) is 5.67. The highest BCUT2D eigenvalue weighted by atomic mass is 16.5. The third-order valence-electron chi connectivity index (χ3n) is 4.59. The van der Waals surface area contributed by atoms with Gasteiger partial charge in [0.1, 0.15) is 5.54 Å². The summed E-state index contributed by atoms with van der Waals surface area (Å²) < 4.78 is 5.09. The normalized spacial score (nSPS) is 19.3. The number of nitrogens with zero attached hydrogens (tertiary/aromatic N) is 1. The molecule has 0 aromatic heterocycles. The lowest BCUT2D eigenvalue weighted by Gasteiger charge is -2.34. The summed E-state index contributed by atoms with van der Waals surface area (Å²) in [5.74, 6) is -0.0958. The molecule has 0 spiro atoms. The fourth-order valence-electron chi connectivity index (χ4n) is 2.98. The van der Waals surface area contributed by atoms with Gasteiger partial charge < -0.3 is 20.7 Å². The largest absolute Gasteiger partial charge is 0.385 e. The van der Waals surface area contributed by atoms with Crippen molar-refractivity contribution in [3.63, 3.8) is 0 Å². The van der Waals surface area contributed by atoms with Crippen LogP contribution in [0.4, 0.5) is 0 Å². The van der Waals surface area contributed by atoms with Crippen LogP contribution in [0.1, 0.15) is 31.7 Å². The molecule has 5 heteroatoms. The fourth-order valence-corrected chi connectivity index (χ4v) is 2.98. The molecule has 1 unspecified atom stereocenters. The van der Waals surface area contributed by atoms with Gasteiger partial charge in [-0.15, -0.1) is 0 Å². The number of piperidine rings is 1. The van der Waals surface area contributed by atoms with Crippen LogP contribution in [0.5, 0.6) is 0 Å². The zero-order valence-corrected chi connectivity index (χ0v) is 14.3. The van der Waals surface area contributed by atoms with Crippen LogP contribution in [0.25, 0.3) is 0 Å². The van der Waals surface area contributed by atoms with Crippen molar-refractivity contribution >= 4 is 5.91 Å². The number of methoxy groups -OCH3 is 1. The molecule has 1 atom stereocenters. The van der Waals surface area contributed by atoms with Gasteiger partial charge in [0.05, 0.1) is 0 Å².